The molecule has 5 rings (SSSR count). The van der Waals surface area contributed by atoms with E-state index in [-0.39, 0.29) is 16.8 Å². The summed E-state index contributed by atoms with van der Waals surface area (Å²) >= 11 is 7.44. The minimum Gasteiger partial charge on any atom is -0.321 e. The second kappa shape index (κ2) is 8.00. The maximum atomic E-state index is 12.9. The predicted molar refractivity (Wildman–Crippen MR) is 126 cm³/mol. The van der Waals surface area contributed by atoms with E-state index in [9.17, 15) is 13.2 Å². The number of hydrogen-bond donors (Lipinski definition) is 2. The van der Waals surface area contributed by atoms with Gasteiger partial charge in [0.1, 0.15) is 4.83 Å². The third kappa shape index (κ3) is 4.16. The average molecular weight is 487 g/mol. The van der Waals surface area contributed by atoms with Crippen LogP contribution in [-0.2, 0) is 10.0 Å². The van der Waals surface area contributed by atoms with Crippen LogP contribution in [0.1, 0.15) is 28.2 Å². The number of amides is 1. The molecule has 0 radical (unpaired) electrons. The van der Waals surface area contributed by atoms with Gasteiger partial charge in [0.05, 0.1) is 21.2 Å². The zero-order valence-electron chi connectivity index (χ0n) is 17.0. The topological polar surface area (TPSA) is 93.1 Å². The zero-order valence-corrected chi connectivity index (χ0v) is 19.4. The molecule has 1 fully saturated rings. The van der Waals surface area contributed by atoms with E-state index in [4.69, 9.17) is 11.6 Å². The lowest BCUT2D eigenvalue weighted by molar-refractivity contribution is 0.103. The first-order valence-electron chi connectivity index (χ1n) is 9.99. The molecule has 0 atom stereocenters. The van der Waals surface area contributed by atoms with Gasteiger partial charge in [0, 0.05) is 22.1 Å². The second-order valence-electron chi connectivity index (χ2n) is 7.68. The van der Waals surface area contributed by atoms with E-state index in [0.29, 0.717) is 15.6 Å². The molecule has 2 aromatic carbocycles. The van der Waals surface area contributed by atoms with Crippen LogP contribution in [-0.4, -0.2) is 30.1 Å². The van der Waals surface area contributed by atoms with Crippen molar-refractivity contribution in [3.8, 4) is 5.69 Å². The summed E-state index contributed by atoms with van der Waals surface area (Å²) < 4.78 is 29.4. The molecule has 1 saturated carbocycles. The van der Waals surface area contributed by atoms with Gasteiger partial charge in [-0.25, -0.2) is 17.8 Å². The number of rotatable bonds is 6. The Morgan fingerprint density at radius 3 is 2.69 bits per heavy atom. The Morgan fingerprint density at radius 1 is 1.16 bits per heavy atom. The number of nitrogens with zero attached hydrogens (tertiary/aromatic N) is 2. The van der Waals surface area contributed by atoms with Gasteiger partial charge in [-0.05, 0) is 62.2 Å². The minimum absolute atomic E-state index is 0.0131. The van der Waals surface area contributed by atoms with Crippen molar-refractivity contribution in [1.82, 2.24) is 14.5 Å². The fraction of sp³-hybridized carbons (Fsp3) is 0.182. The van der Waals surface area contributed by atoms with Crippen LogP contribution in [0.2, 0.25) is 5.02 Å². The van der Waals surface area contributed by atoms with Crippen molar-refractivity contribution in [3.05, 3.63) is 70.2 Å². The summed E-state index contributed by atoms with van der Waals surface area (Å²) in [7, 11) is -3.60. The van der Waals surface area contributed by atoms with Gasteiger partial charge in [-0.1, -0.05) is 23.7 Å². The van der Waals surface area contributed by atoms with Gasteiger partial charge < -0.3 is 5.32 Å². The summed E-state index contributed by atoms with van der Waals surface area (Å²) in [6.45, 7) is 1.89. The number of carbonyl (C=O) groups is 1. The number of thiophene rings is 1. The molecule has 164 valence electrons. The molecule has 0 aliphatic heterocycles. The minimum atomic E-state index is -3.60. The lowest BCUT2D eigenvalue weighted by Gasteiger charge is -2.08. The second-order valence-corrected chi connectivity index (χ2v) is 10.9. The van der Waals surface area contributed by atoms with Gasteiger partial charge in [-0.15, -0.1) is 11.3 Å². The number of carbonyl (C=O) groups excluding carboxylic acids is 1. The lowest BCUT2D eigenvalue weighted by Crippen LogP contribution is -2.25. The molecule has 0 bridgehead atoms. The molecule has 0 saturated heterocycles. The average Bonchev–Trinajstić information content (AvgIpc) is 3.34. The van der Waals surface area contributed by atoms with E-state index in [0.717, 1.165) is 34.4 Å². The van der Waals surface area contributed by atoms with Gasteiger partial charge in [-0.2, -0.15) is 5.10 Å². The Hall–Kier alpha value is -2.72. The van der Waals surface area contributed by atoms with Crippen molar-refractivity contribution in [1.29, 1.82) is 0 Å². The van der Waals surface area contributed by atoms with Gasteiger partial charge in [-0.3, -0.25) is 4.79 Å². The highest BCUT2D eigenvalue weighted by molar-refractivity contribution is 7.89. The first kappa shape index (κ1) is 21.1. The van der Waals surface area contributed by atoms with Crippen LogP contribution in [0.25, 0.3) is 15.9 Å². The fourth-order valence-corrected chi connectivity index (χ4v) is 5.98. The van der Waals surface area contributed by atoms with Crippen molar-refractivity contribution in [2.45, 2.75) is 30.7 Å². The van der Waals surface area contributed by atoms with Crippen LogP contribution >= 0.6 is 22.9 Å². The molecule has 1 aliphatic carbocycles. The summed E-state index contributed by atoms with van der Waals surface area (Å²) in [4.78, 5) is 14.4. The summed E-state index contributed by atoms with van der Waals surface area (Å²) in [6.07, 6.45) is 1.71. The standard InChI is InChI=1S/C22H19ClN4O3S2/c1-13-19-12-20(31-22(19)27(25-13)17-6-2-4-14(23)10-17)21(28)24-16-5-3-7-18(11-16)32(29,30)26-15-8-9-15/h2-7,10-12,15,26H,8-9H2,1H3,(H,24,28). The molecule has 4 aromatic rings. The van der Waals surface area contributed by atoms with Crippen molar-refractivity contribution in [3.63, 3.8) is 0 Å². The molecule has 1 amide bonds. The Balaban J connectivity index is 1.42. The SMILES string of the molecule is Cc1nn(-c2cccc(Cl)c2)c2sc(C(=O)Nc3cccc(S(=O)(=O)NC4CC4)c3)cc12. The van der Waals surface area contributed by atoms with E-state index < -0.39 is 10.0 Å². The number of benzene rings is 2. The molecule has 32 heavy (non-hydrogen) atoms. The molecule has 2 aromatic heterocycles. The highest BCUT2D eigenvalue weighted by atomic mass is 35.5. The quantitative estimate of drug-likeness (QED) is 0.411. The number of halogens is 1. The van der Waals surface area contributed by atoms with Crippen LogP contribution in [0.5, 0.6) is 0 Å². The van der Waals surface area contributed by atoms with E-state index >= 15 is 0 Å². The van der Waals surface area contributed by atoms with Crippen LogP contribution in [0.15, 0.2) is 59.5 Å². The predicted octanol–water partition coefficient (Wildman–Crippen LogP) is 4.74. The molecule has 2 N–H and O–H groups in total. The maximum Gasteiger partial charge on any atom is 0.265 e. The number of aryl methyl sites for hydroxylation is 1. The van der Waals surface area contributed by atoms with Crippen LogP contribution in [0.3, 0.4) is 0 Å². The Labute approximate surface area is 194 Å². The molecule has 10 heteroatoms. The van der Waals surface area contributed by atoms with Crippen molar-refractivity contribution >= 4 is 54.8 Å². The number of anilines is 1. The number of nitrogens with one attached hydrogen (secondary N) is 2. The van der Waals surface area contributed by atoms with E-state index in [1.807, 2.05) is 25.1 Å². The van der Waals surface area contributed by atoms with E-state index in [1.165, 1.54) is 23.5 Å². The van der Waals surface area contributed by atoms with Gasteiger partial charge in [0.15, 0.2) is 0 Å². The third-order valence-electron chi connectivity index (χ3n) is 5.12. The molecular weight excluding hydrogens is 468 g/mol. The third-order valence-corrected chi connectivity index (χ3v) is 7.99. The van der Waals surface area contributed by atoms with E-state index in [1.54, 1.807) is 28.9 Å². The first-order valence-corrected chi connectivity index (χ1v) is 12.7. The van der Waals surface area contributed by atoms with Crippen molar-refractivity contribution < 1.29 is 13.2 Å². The molecule has 7 nitrogen and oxygen atoms in total. The maximum absolute atomic E-state index is 12.9. The Bertz CT molecular complexity index is 1460. The Morgan fingerprint density at radius 2 is 1.94 bits per heavy atom. The van der Waals surface area contributed by atoms with Gasteiger partial charge >= 0.3 is 0 Å². The summed E-state index contributed by atoms with van der Waals surface area (Å²) in [5.74, 6) is -0.312. The normalized spacial score (nSPS) is 14.1. The molecule has 0 spiro atoms. The molecular formula is C22H19ClN4O3S2. The molecule has 1 aliphatic rings. The smallest absolute Gasteiger partial charge is 0.265 e. The monoisotopic (exact) mass is 486 g/mol. The number of aromatic nitrogens is 2. The van der Waals surface area contributed by atoms with Crippen LogP contribution in [0.4, 0.5) is 5.69 Å². The molecule has 2 heterocycles. The summed E-state index contributed by atoms with van der Waals surface area (Å²) in [5, 5.41) is 8.86. The highest BCUT2D eigenvalue weighted by Gasteiger charge is 2.28. The van der Waals surface area contributed by atoms with Crippen LogP contribution in [0, 0.1) is 6.92 Å². The summed E-state index contributed by atoms with van der Waals surface area (Å²) in [6, 6.07) is 15.4. The van der Waals surface area contributed by atoms with E-state index in [2.05, 4.69) is 15.1 Å². The summed E-state index contributed by atoms with van der Waals surface area (Å²) in [5.41, 5.74) is 2.03. The van der Waals surface area contributed by atoms with Gasteiger partial charge in [0.25, 0.3) is 5.91 Å². The Kier molecular flexibility index (Phi) is 5.29. The fourth-order valence-electron chi connectivity index (χ4n) is 3.36. The van der Waals surface area contributed by atoms with Crippen molar-refractivity contribution in [2.75, 3.05) is 5.32 Å². The zero-order chi connectivity index (χ0) is 22.5. The first-order chi connectivity index (χ1) is 15.3. The number of sulfonamides is 1. The van der Waals surface area contributed by atoms with Crippen molar-refractivity contribution in [2.24, 2.45) is 0 Å². The largest absolute Gasteiger partial charge is 0.321 e. The highest BCUT2D eigenvalue weighted by Crippen LogP contribution is 2.31. The molecule has 0 unspecified atom stereocenters. The van der Waals surface area contributed by atoms with Gasteiger partial charge in [0.2, 0.25) is 10.0 Å². The number of fused-ring (bicyclic) bond motifs is 1. The lowest BCUT2D eigenvalue weighted by atomic mass is 10.3. The van der Waals surface area contributed by atoms with Crippen LogP contribution < -0.4 is 10.0 Å². The number of hydrogen-bond acceptors (Lipinski definition) is 5.